The molecule has 0 spiro atoms. The highest BCUT2D eigenvalue weighted by Crippen LogP contribution is 2.48. The molecule has 10 rings (SSSR count). The Hall–Kier alpha value is -6.16. The summed E-state index contributed by atoms with van der Waals surface area (Å²) in [5.74, 6) is 0.143. The molecule has 50 heavy (non-hydrogen) atoms. The fourth-order valence-electron chi connectivity index (χ4n) is 7.73. The van der Waals surface area contributed by atoms with Crippen LogP contribution in [0.1, 0.15) is 22.6 Å². The number of hydrogen-bond acceptors (Lipinski definition) is 3. The van der Waals surface area contributed by atoms with Gasteiger partial charge in [0.05, 0.1) is 5.69 Å². The second-order valence-electron chi connectivity index (χ2n) is 12.9. The van der Waals surface area contributed by atoms with Crippen LogP contribution in [-0.4, -0.2) is 0 Å². The molecule has 0 aliphatic rings. The zero-order valence-corrected chi connectivity index (χ0v) is 28.0. The SMILES string of the molecule is c1ccc(C(c2ccccc2)c2ccc3sc4cc(N(c5ccccc5)c5ccc6c(c5)oc5ccccc56)c5ccccc5c4c3c2)cc1. The van der Waals surface area contributed by atoms with Gasteiger partial charge >= 0.3 is 0 Å². The molecule has 0 amide bonds. The van der Waals surface area contributed by atoms with E-state index in [0.717, 1.165) is 39.0 Å². The van der Waals surface area contributed by atoms with Crippen molar-refractivity contribution < 1.29 is 4.42 Å². The van der Waals surface area contributed by atoms with Gasteiger partial charge in [0.2, 0.25) is 0 Å². The van der Waals surface area contributed by atoms with Crippen LogP contribution in [0.25, 0.3) is 52.9 Å². The molecule has 2 nitrogen and oxygen atoms in total. The van der Waals surface area contributed by atoms with Gasteiger partial charge in [0.15, 0.2) is 0 Å². The van der Waals surface area contributed by atoms with E-state index in [4.69, 9.17) is 4.42 Å². The first-order chi connectivity index (χ1) is 24.8. The fraction of sp³-hybridized carbons (Fsp3) is 0.0213. The highest BCUT2D eigenvalue weighted by molar-refractivity contribution is 7.26. The molecule has 0 radical (unpaired) electrons. The summed E-state index contributed by atoms with van der Waals surface area (Å²) in [5.41, 5.74) is 8.99. The Morgan fingerprint density at radius 3 is 1.76 bits per heavy atom. The lowest BCUT2D eigenvalue weighted by Crippen LogP contribution is -2.10. The molecule has 0 saturated carbocycles. The van der Waals surface area contributed by atoms with E-state index in [1.807, 2.05) is 23.5 Å². The minimum atomic E-state index is 0.143. The maximum absolute atomic E-state index is 6.38. The molecular weight excluding hydrogens is 627 g/mol. The van der Waals surface area contributed by atoms with Gasteiger partial charge in [-0.25, -0.2) is 0 Å². The zero-order valence-electron chi connectivity index (χ0n) is 27.2. The second-order valence-corrected chi connectivity index (χ2v) is 14.0. The predicted molar refractivity (Wildman–Crippen MR) is 213 cm³/mol. The van der Waals surface area contributed by atoms with Gasteiger partial charge in [-0.3, -0.25) is 0 Å². The average Bonchev–Trinajstić information content (AvgIpc) is 3.74. The Kier molecular flexibility index (Phi) is 6.78. The number of para-hydroxylation sites is 2. The lowest BCUT2D eigenvalue weighted by Gasteiger charge is -2.27. The highest BCUT2D eigenvalue weighted by atomic mass is 32.1. The monoisotopic (exact) mass is 657 g/mol. The number of hydrogen-bond donors (Lipinski definition) is 0. The molecule has 3 heteroatoms. The Morgan fingerprint density at radius 1 is 0.400 bits per heavy atom. The smallest absolute Gasteiger partial charge is 0.137 e. The first-order valence-corrected chi connectivity index (χ1v) is 17.9. The van der Waals surface area contributed by atoms with E-state index < -0.39 is 0 Å². The summed E-state index contributed by atoms with van der Waals surface area (Å²) in [4.78, 5) is 2.38. The Balaban J connectivity index is 1.20. The molecule has 0 unspecified atom stereocenters. The van der Waals surface area contributed by atoms with Gasteiger partial charge in [-0.15, -0.1) is 11.3 Å². The number of fused-ring (bicyclic) bond motifs is 8. The van der Waals surface area contributed by atoms with Crippen LogP contribution < -0.4 is 4.90 Å². The van der Waals surface area contributed by atoms with Crippen LogP contribution in [0.5, 0.6) is 0 Å². The Labute approximate surface area is 294 Å². The normalized spacial score (nSPS) is 11.8. The Morgan fingerprint density at radius 2 is 1.02 bits per heavy atom. The second kappa shape index (κ2) is 11.8. The molecular formula is C47H31NOS. The number of furan rings is 1. The molecule has 8 aromatic carbocycles. The van der Waals surface area contributed by atoms with Crippen LogP contribution in [0.15, 0.2) is 186 Å². The van der Waals surface area contributed by atoms with Gasteiger partial charge in [0.25, 0.3) is 0 Å². The van der Waals surface area contributed by atoms with Gasteiger partial charge in [-0.05, 0) is 70.6 Å². The van der Waals surface area contributed by atoms with Crippen molar-refractivity contribution in [2.75, 3.05) is 4.90 Å². The number of thiophene rings is 1. The number of rotatable bonds is 6. The van der Waals surface area contributed by atoms with Gasteiger partial charge in [-0.2, -0.15) is 0 Å². The van der Waals surface area contributed by atoms with Gasteiger partial charge in [-0.1, -0.05) is 127 Å². The van der Waals surface area contributed by atoms with Crippen molar-refractivity contribution in [3.63, 3.8) is 0 Å². The third-order valence-corrected chi connectivity index (χ3v) is 11.1. The van der Waals surface area contributed by atoms with Crippen LogP contribution in [0, 0.1) is 0 Å². The van der Waals surface area contributed by atoms with Gasteiger partial charge < -0.3 is 9.32 Å². The molecule has 0 aliphatic carbocycles. The van der Waals surface area contributed by atoms with Crippen molar-refractivity contribution in [1.29, 1.82) is 0 Å². The average molecular weight is 658 g/mol. The quantitative estimate of drug-likeness (QED) is 0.165. The molecule has 0 N–H and O–H groups in total. The van der Waals surface area contributed by atoms with Crippen molar-refractivity contribution in [1.82, 2.24) is 0 Å². The fourth-order valence-corrected chi connectivity index (χ4v) is 8.87. The first-order valence-electron chi connectivity index (χ1n) is 17.0. The summed E-state index contributed by atoms with van der Waals surface area (Å²) in [7, 11) is 0. The third kappa shape index (κ3) is 4.70. The topological polar surface area (TPSA) is 16.4 Å². The van der Waals surface area contributed by atoms with Gasteiger partial charge in [0, 0.05) is 59.7 Å². The molecule has 0 aliphatic heterocycles. The third-order valence-electron chi connectivity index (χ3n) is 9.95. The Bertz CT molecular complexity index is 2780. The van der Waals surface area contributed by atoms with E-state index in [1.54, 1.807) is 0 Å². The van der Waals surface area contributed by atoms with Crippen LogP contribution in [-0.2, 0) is 0 Å². The van der Waals surface area contributed by atoms with Crippen LogP contribution in [0.3, 0.4) is 0 Å². The summed E-state index contributed by atoms with van der Waals surface area (Å²) in [6.07, 6.45) is 0. The highest BCUT2D eigenvalue weighted by Gasteiger charge is 2.22. The summed E-state index contributed by atoms with van der Waals surface area (Å²) in [6, 6.07) is 65.7. The lowest BCUT2D eigenvalue weighted by atomic mass is 9.84. The molecule has 10 aromatic rings. The molecule has 236 valence electrons. The largest absolute Gasteiger partial charge is 0.456 e. The van der Waals surface area contributed by atoms with E-state index >= 15 is 0 Å². The summed E-state index contributed by atoms with van der Waals surface area (Å²) in [5, 5.41) is 7.34. The predicted octanol–water partition coefficient (Wildman–Crippen LogP) is 13.8. The molecule has 0 bridgehead atoms. The number of nitrogens with zero attached hydrogens (tertiary/aromatic N) is 1. The minimum Gasteiger partial charge on any atom is -0.456 e. The van der Waals surface area contributed by atoms with E-state index in [-0.39, 0.29) is 5.92 Å². The lowest BCUT2D eigenvalue weighted by molar-refractivity contribution is 0.669. The van der Waals surface area contributed by atoms with E-state index in [0.29, 0.717) is 0 Å². The van der Waals surface area contributed by atoms with Crippen LogP contribution >= 0.6 is 11.3 Å². The van der Waals surface area contributed by atoms with Crippen molar-refractivity contribution in [3.05, 3.63) is 199 Å². The van der Waals surface area contributed by atoms with Crippen LogP contribution in [0.4, 0.5) is 17.1 Å². The first kappa shape index (κ1) is 28.8. The van der Waals surface area contributed by atoms with E-state index in [1.165, 1.54) is 47.6 Å². The maximum atomic E-state index is 6.38. The number of anilines is 3. The zero-order chi connectivity index (χ0) is 33.0. The van der Waals surface area contributed by atoms with Gasteiger partial charge in [0.1, 0.15) is 11.2 Å². The standard InChI is InChI=1S/C47H31NOS/c1-4-14-31(15-5-1)46(32-16-6-2-7-17-32)33-24-27-44-40(28-33)47-39-22-11-10-20-36(39)41(30-45(47)50-44)48(34-18-8-3-9-19-34)35-25-26-38-37-21-12-13-23-42(37)49-43(38)29-35/h1-30,46H. The molecule has 0 fully saturated rings. The van der Waals surface area contributed by atoms with Crippen LogP contribution in [0.2, 0.25) is 0 Å². The number of benzene rings is 8. The summed E-state index contributed by atoms with van der Waals surface area (Å²) >= 11 is 1.87. The minimum absolute atomic E-state index is 0.143. The van der Waals surface area contributed by atoms with E-state index in [2.05, 4.69) is 175 Å². The molecule has 2 aromatic heterocycles. The maximum Gasteiger partial charge on any atom is 0.137 e. The molecule has 2 heterocycles. The van der Waals surface area contributed by atoms with Crippen molar-refractivity contribution in [3.8, 4) is 0 Å². The summed E-state index contributed by atoms with van der Waals surface area (Å²) < 4.78 is 8.95. The van der Waals surface area contributed by atoms with E-state index in [9.17, 15) is 0 Å². The molecule has 0 atom stereocenters. The molecule has 0 saturated heterocycles. The van der Waals surface area contributed by atoms with Crippen molar-refractivity contribution in [2.24, 2.45) is 0 Å². The summed E-state index contributed by atoms with van der Waals surface area (Å²) in [6.45, 7) is 0. The van der Waals surface area contributed by atoms with Crippen molar-refractivity contribution >= 4 is 81.3 Å². The van der Waals surface area contributed by atoms with Crippen molar-refractivity contribution in [2.45, 2.75) is 5.92 Å².